The zero-order valence-corrected chi connectivity index (χ0v) is 7.00. The molecule has 0 N–H and O–H groups in total. The lowest BCUT2D eigenvalue weighted by molar-refractivity contribution is -0.153. The molecule has 62 valence electrons. The molecule has 0 aromatic rings. The molecule has 0 aromatic carbocycles. The van der Waals surface area contributed by atoms with Crippen molar-refractivity contribution in [2.24, 2.45) is 5.92 Å². The Labute approximate surface area is 65.7 Å². The minimum absolute atomic E-state index is 0.0972. The molecule has 0 saturated carbocycles. The summed E-state index contributed by atoms with van der Waals surface area (Å²) < 4.78 is 0. The zero-order valence-electron chi connectivity index (χ0n) is 7.00. The van der Waals surface area contributed by atoms with E-state index >= 15 is 0 Å². The van der Waals surface area contributed by atoms with Gasteiger partial charge in [-0.2, -0.15) is 0 Å². The molecule has 0 radical (unpaired) electrons. The van der Waals surface area contributed by atoms with Gasteiger partial charge in [-0.1, -0.05) is 6.92 Å². The van der Waals surface area contributed by atoms with Gasteiger partial charge in [-0.3, -0.25) is 9.59 Å². The van der Waals surface area contributed by atoms with Crippen molar-refractivity contribution in [2.45, 2.75) is 13.3 Å². The maximum Gasteiger partial charge on any atom is 0.247 e. The van der Waals surface area contributed by atoms with Gasteiger partial charge < -0.3 is 0 Å². The Morgan fingerprint density at radius 2 is 2.00 bits per heavy atom. The second-order valence-electron chi connectivity index (χ2n) is 3.00. The van der Waals surface area contributed by atoms with Crippen LogP contribution in [0.2, 0.25) is 0 Å². The molecule has 1 rings (SSSR count). The molecule has 11 heavy (non-hydrogen) atoms. The maximum atomic E-state index is 11.2. The van der Waals surface area contributed by atoms with Crippen molar-refractivity contribution in [3.05, 3.63) is 0 Å². The standard InChI is InChI=1S/C7H12N2O2/c1-5-4-6(10)9(7(5)11)8(2)3/h5H,4H2,1-3H3/t5-/m0/s1. The van der Waals surface area contributed by atoms with Gasteiger partial charge >= 0.3 is 0 Å². The summed E-state index contributed by atoms with van der Waals surface area (Å²) in [5.74, 6) is -0.350. The molecule has 1 fully saturated rings. The van der Waals surface area contributed by atoms with Crippen LogP contribution in [0.4, 0.5) is 0 Å². The van der Waals surface area contributed by atoms with Gasteiger partial charge in [0, 0.05) is 26.4 Å². The van der Waals surface area contributed by atoms with Crippen LogP contribution in [0, 0.1) is 5.92 Å². The summed E-state index contributed by atoms with van der Waals surface area (Å²) in [7, 11) is 3.38. The molecule has 4 nitrogen and oxygen atoms in total. The molecule has 2 amide bonds. The summed E-state index contributed by atoms with van der Waals surface area (Å²) in [5.41, 5.74) is 0. The van der Waals surface area contributed by atoms with E-state index in [1.54, 1.807) is 21.0 Å². The lowest BCUT2D eigenvalue weighted by atomic mass is 10.1. The molecular formula is C7H12N2O2. The number of carbonyl (C=O) groups is 2. The molecule has 0 bridgehead atoms. The van der Waals surface area contributed by atoms with Crippen LogP contribution in [0.1, 0.15) is 13.3 Å². The molecule has 4 heteroatoms. The third kappa shape index (κ3) is 1.26. The highest BCUT2D eigenvalue weighted by atomic mass is 16.2. The van der Waals surface area contributed by atoms with Gasteiger partial charge in [0.2, 0.25) is 11.8 Å². The Balaban J connectivity index is 2.80. The van der Waals surface area contributed by atoms with Crippen LogP contribution < -0.4 is 0 Å². The average Bonchev–Trinajstić information content (AvgIpc) is 2.07. The number of hydrazine groups is 1. The van der Waals surface area contributed by atoms with Crippen LogP contribution >= 0.6 is 0 Å². The average molecular weight is 156 g/mol. The van der Waals surface area contributed by atoms with E-state index in [4.69, 9.17) is 0 Å². The van der Waals surface area contributed by atoms with Crippen molar-refractivity contribution >= 4 is 11.8 Å². The number of hydrogen-bond acceptors (Lipinski definition) is 3. The van der Waals surface area contributed by atoms with Crippen molar-refractivity contribution in [3.8, 4) is 0 Å². The van der Waals surface area contributed by atoms with E-state index in [0.29, 0.717) is 6.42 Å². The second kappa shape index (κ2) is 2.62. The largest absolute Gasteiger partial charge is 0.273 e. The van der Waals surface area contributed by atoms with Gasteiger partial charge in [-0.05, 0) is 0 Å². The van der Waals surface area contributed by atoms with Gasteiger partial charge in [0.05, 0.1) is 0 Å². The van der Waals surface area contributed by atoms with Crippen molar-refractivity contribution in [1.29, 1.82) is 0 Å². The highest BCUT2D eigenvalue weighted by Gasteiger charge is 2.36. The Morgan fingerprint density at radius 3 is 2.18 bits per heavy atom. The van der Waals surface area contributed by atoms with Crippen LogP contribution in [-0.2, 0) is 9.59 Å². The maximum absolute atomic E-state index is 11.2. The van der Waals surface area contributed by atoms with Crippen molar-refractivity contribution in [3.63, 3.8) is 0 Å². The van der Waals surface area contributed by atoms with E-state index in [1.807, 2.05) is 0 Å². The molecule has 0 unspecified atom stereocenters. The van der Waals surface area contributed by atoms with Crippen LogP contribution in [0.15, 0.2) is 0 Å². The fraction of sp³-hybridized carbons (Fsp3) is 0.714. The first-order chi connectivity index (χ1) is 5.04. The molecule has 1 heterocycles. The SMILES string of the molecule is C[C@H]1CC(=O)N(N(C)C)C1=O. The number of amides is 2. The molecular weight excluding hydrogens is 144 g/mol. The Hall–Kier alpha value is -0.900. The van der Waals surface area contributed by atoms with Crippen molar-refractivity contribution < 1.29 is 9.59 Å². The second-order valence-corrected chi connectivity index (χ2v) is 3.00. The molecule has 0 aromatic heterocycles. The summed E-state index contributed by atoms with van der Waals surface area (Å²) in [5, 5.41) is 2.71. The topological polar surface area (TPSA) is 40.6 Å². The van der Waals surface area contributed by atoms with E-state index in [9.17, 15) is 9.59 Å². The van der Waals surface area contributed by atoms with E-state index in [0.717, 1.165) is 0 Å². The van der Waals surface area contributed by atoms with Gasteiger partial charge in [-0.25, -0.2) is 10.0 Å². The highest BCUT2D eigenvalue weighted by Crippen LogP contribution is 2.18. The van der Waals surface area contributed by atoms with Gasteiger partial charge in [0.25, 0.3) is 0 Å². The first-order valence-corrected chi connectivity index (χ1v) is 3.58. The third-order valence-electron chi connectivity index (χ3n) is 1.75. The summed E-state index contributed by atoms with van der Waals surface area (Å²) in [6.07, 6.45) is 0.344. The quantitative estimate of drug-likeness (QED) is 0.496. The first kappa shape index (κ1) is 8.20. The van der Waals surface area contributed by atoms with E-state index < -0.39 is 0 Å². The highest BCUT2D eigenvalue weighted by molar-refractivity contribution is 6.02. The fourth-order valence-corrected chi connectivity index (χ4v) is 1.19. The van der Waals surface area contributed by atoms with Crippen molar-refractivity contribution in [1.82, 2.24) is 10.0 Å². The van der Waals surface area contributed by atoms with Crippen LogP contribution in [0.25, 0.3) is 0 Å². The van der Waals surface area contributed by atoms with Gasteiger partial charge in [0.1, 0.15) is 0 Å². The summed E-state index contributed by atoms with van der Waals surface area (Å²) in [4.78, 5) is 22.3. The Kier molecular flexibility index (Phi) is 1.95. The van der Waals surface area contributed by atoms with Crippen LogP contribution in [-0.4, -0.2) is 35.9 Å². The predicted octanol–water partition coefficient (Wildman–Crippen LogP) is -0.142. The van der Waals surface area contributed by atoms with Crippen LogP contribution in [0.5, 0.6) is 0 Å². The van der Waals surface area contributed by atoms with E-state index in [1.165, 1.54) is 10.0 Å². The zero-order chi connectivity index (χ0) is 8.59. The summed E-state index contributed by atoms with van der Waals surface area (Å²) >= 11 is 0. The van der Waals surface area contributed by atoms with E-state index in [2.05, 4.69) is 0 Å². The minimum Gasteiger partial charge on any atom is -0.273 e. The minimum atomic E-state index is -0.148. The van der Waals surface area contributed by atoms with Gasteiger partial charge in [0.15, 0.2) is 0 Å². The third-order valence-corrected chi connectivity index (χ3v) is 1.75. The molecule has 1 aliphatic heterocycles. The smallest absolute Gasteiger partial charge is 0.247 e. The number of imide groups is 1. The number of nitrogens with zero attached hydrogens (tertiary/aromatic N) is 2. The number of carbonyl (C=O) groups excluding carboxylic acids is 2. The van der Waals surface area contributed by atoms with Crippen LogP contribution in [0.3, 0.4) is 0 Å². The fourth-order valence-electron chi connectivity index (χ4n) is 1.19. The monoisotopic (exact) mass is 156 g/mol. The first-order valence-electron chi connectivity index (χ1n) is 3.58. The molecule has 1 atom stereocenters. The molecule has 0 aliphatic carbocycles. The number of hydrogen-bond donors (Lipinski definition) is 0. The lowest BCUT2D eigenvalue weighted by Gasteiger charge is -2.21. The molecule has 1 saturated heterocycles. The molecule has 0 spiro atoms. The summed E-state index contributed by atoms with van der Waals surface area (Å²) in [6.45, 7) is 1.77. The Bertz CT molecular complexity index is 201. The van der Waals surface area contributed by atoms with E-state index in [-0.39, 0.29) is 17.7 Å². The van der Waals surface area contributed by atoms with Crippen molar-refractivity contribution in [2.75, 3.05) is 14.1 Å². The predicted molar refractivity (Wildman–Crippen MR) is 39.3 cm³/mol. The summed E-state index contributed by atoms with van der Waals surface area (Å²) in [6, 6.07) is 0. The number of rotatable bonds is 1. The normalized spacial score (nSPS) is 25.5. The lowest BCUT2D eigenvalue weighted by Crippen LogP contribution is -2.41. The van der Waals surface area contributed by atoms with Gasteiger partial charge in [-0.15, -0.1) is 0 Å². The Morgan fingerprint density at radius 1 is 1.45 bits per heavy atom. The molecule has 1 aliphatic rings.